The minimum Gasteiger partial charge on any atom is -0.490 e. The summed E-state index contributed by atoms with van der Waals surface area (Å²) in [5, 5.41) is 12.5. The van der Waals surface area contributed by atoms with Crippen molar-refractivity contribution in [3.05, 3.63) is 58.0 Å². The molecule has 0 fully saturated rings. The summed E-state index contributed by atoms with van der Waals surface area (Å²) in [6, 6.07) is 6.37. The normalized spacial score (nSPS) is 10.8. The van der Waals surface area contributed by atoms with E-state index in [1.54, 1.807) is 17.4 Å². The van der Waals surface area contributed by atoms with E-state index < -0.39 is 11.8 Å². The van der Waals surface area contributed by atoms with Gasteiger partial charge in [0.1, 0.15) is 0 Å². The number of hydrogen-bond donors (Lipinski definition) is 1. The molecule has 0 aliphatic rings. The largest absolute Gasteiger partial charge is 0.490 e. The third kappa shape index (κ3) is 4.20. The SMILES string of the molecule is O=C(O)/C=C/c1ccc(OCCc2ccsc2)c(F)c1. The molecule has 5 heteroatoms. The second kappa shape index (κ2) is 6.86. The Labute approximate surface area is 119 Å². The fourth-order valence-corrected chi connectivity index (χ4v) is 2.32. The minimum atomic E-state index is -1.07. The highest BCUT2D eigenvalue weighted by atomic mass is 32.1. The number of carbonyl (C=O) groups is 1. The highest BCUT2D eigenvalue weighted by molar-refractivity contribution is 7.07. The van der Waals surface area contributed by atoms with Gasteiger partial charge in [0.2, 0.25) is 0 Å². The van der Waals surface area contributed by atoms with Gasteiger partial charge in [-0.3, -0.25) is 0 Å². The molecule has 0 amide bonds. The van der Waals surface area contributed by atoms with Gasteiger partial charge in [0.15, 0.2) is 11.6 Å². The first-order valence-corrected chi connectivity index (χ1v) is 6.94. The van der Waals surface area contributed by atoms with E-state index >= 15 is 0 Å². The van der Waals surface area contributed by atoms with Crippen LogP contribution in [0.2, 0.25) is 0 Å². The average Bonchev–Trinajstić information content (AvgIpc) is 2.92. The number of carboxylic acids is 1. The van der Waals surface area contributed by atoms with Crippen molar-refractivity contribution in [1.82, 2.24) is 0 Å². The summed E-state index contributed by atoms with van der Waals surface area (Å²) in [6.07, 6.45) is 3.02. The fourth-order valence-electron chi connectivity index (χ4n) is 1.62. The molecule has 0 saturated heterocycles. The molecule has 2 rings (SSSR count). The zero-order valence-corrected chi connectivity index (χ0v) is 11.4. The van der Waals surface area contributed by atoms with E-state index in [0.29, 0.717) is 12.2 Å². The quantitative estimate of drug-likeness (QED) is 0.827. The summed E-state index contributed by atoms with van der Waals surface area (Å²) < 4.78 is 19.1. The van der Waals surface area contributed by atoms with Crippen LogP contribution >= 0.6 is 11.3 Å². The van der Waals surface area contributed by atoms with Crippen molar-refractivity contribution in [1.29, 1.82) is 0 Å². The molecule has 1 aromatic carbocycles. The van der Waals surface area contributed by atoms with Gasteiger partial charge in [-0.15, -0.1) is 0 Å². The molecule has 0 unspecified atom stereocenters. The van der Waals surface area contributed by atoms with Crippen LogP contribution in [-0.4, -0.2) is 17.7 Å². The molecule has 0 atom stereocenters. The van der Waals surface area contributed by atoms with Gasteiger partial charge >= 0.3 is 5.97 Å². The number of hydrogen-bond acceptors (Lipinski definition) is 3. The Kier molecular flexibility index (Phi) is 4.90. The Hall–Kier alpha value is -2.14. The van der Waals surface area contributed by atoms with E-state index in [-0.39, 0.29) is 5.75 Å². The molecule has 0 aliphatic carbocycles. The summed E-state index contributed by atoms with van der Waals surface area (Å²) in [5.74, 6) is -1.39. The van der Waals surface area contributed by atoms with Crippen LogP contribution in [0, 0.1) is 5.82 Å². The molecule has 0 saturated carbocycles. The molecule has 0 bridgehead atoms. The lowest BCUT2D eigenvalue weighted by atomic mass is 10.2. The number of aliphatic carboxylic acids is 1. The molecule has 0 spiro atoms. The number of thiophene rings is 1. The van der Waals surface area contributed by atoms with Gasteiger partial charge in [-0.2, -0.15) is 11.3 Å². The third-order valence-electron chi connectivity index (χ3n) is 2.60. The fraction of sp³-hybridized carbons (Fsp3) is 0.133. The van der Waals surface area contributed by atoms with Crippen LogP contribution in [-0.2, 0) is 11.2 Å². The number of ether oxygens (including phenoxy) is 1. The Morgan fingerprint density at radius 1 is 1.40 bits per heavy atom. The van der Waals surface area contributed by atoms with Crippen molar-refractivity contribution in [2.75, 3.05) is 6.61 Å². The van der Waals surface area contributed by atoms with Gasteiger partial charge in [-0.25, -0.2) is 9.18 Å². The maximum atomic E-state index is 13.7. The first kappa shape index (κ1) is 14.3. The predicted molar refractivity (Wildman–Crippen MR) is 76.6 cm³/mol. The summed E-state index contributed by atoms with van der Waals surface area (Å²) >= 11 is 1.61. The molecular weight excluding hydrogens is 279 g/mol. The van der Waals surface area contributed by atoms with Gasteiger partial charge < -0.3 is 9.84 Å². The Balaban J connectivity index is 1.93. The predicted octanol–water partition coefficient (Wildman–Crippen LogP) is 3.61. The molecule has 0 radical (unpaired) electrons. The molecule has 20 heavy (non-hydrogen) atoms. The van der Waals surface area contributed by atoms with Gasteiger partial charge in [0.25, 0.3) is 0 Å². The molecule has 1 N–H and O–H groups in total. The van der Waals surface area contributed by atoms with Gasteiger partial charge in [0, 0.05) is 12.5 Å². The Morgan fingerprint density at radius 2 is 2.25 bits per heavy atom. The van der Waals surface area contributed by atoms with E-state index in [9.17, 15) is 9.18 Å². The highest BCUT2D eigenvalue weighted by Crippen LogP contribution is 2.19. The standard InChI is InChI=1S/C15H13FO3S/c16-13-9-11(2-4-15(17)18)1-3-14(13)19-7-5-12-6-8-20-10-12/h1-4,6,8-10H,5,7H2,(H,17,18)/b4-2+. The number of benzene rings is 1. The number of rotatable bonds is 6. The van der Waals surface area contributed by atoms with Crippen molar-refractivity contribution < 1.29 is 19.0 Å². The zero-order valence-electron chi connectivity index (χ0n) is 10.6. The molecule has 3 nitrogen and oxygen atoms in total. The second-order valence-corrected chi connectivity index (χ2v) is 4.87. The number of carboxylic acid groups (broad SMARTS) is 1. The van der Waals surface area contributed by atoms with Crippen LogP contribution in [0.3, 0.4) is 0 Å². The molecule has 2 aromatic rings. The lowest BCUT2D eigenvalue weighted by Crippen LogP contribution is -2.02. The average molecular weight is 292 g/mol. The first-order chi connectivity index (χ1) is 9.65. The van der Waals surface area contributed by atoms with Crippen molar-refractivity contribution in [3.63, 3.8) is 0 Å². The van der Waals surface area contributed by atoms with Crippen molar-refractivity contribution >= 4 is 23.4 Å². The topological polar surface area (TPSA) is 46.5 Å². The maximum Gasteiger partial charge on any atom is 0.328 e. The summed E-state index contributed by atoms with van der Waals surface area (Å²) in [4.78, 5) is 10.4. The van der Waals surface area contributed by atoms with Crippen molar-refractivity contribution in [2.45, 2.75) is 6.42 Å². The minimum absolute atomic E-state index is 0.174. The van der Waals surface area contributed by atoms with E-state index in [0.717, 1.165) is 18.1 Å². The summed E-state index contributed by atoms with van der Waals surface area (Å²) in [7, 11) is 0. The lowest BCUT2D eigenvalue weighted by molar-refractivity contribution is -0.131. The molecule has 0 aliphatic heterocycles. The molecule has 1 aromatic heterocycles. The third-order valence-corrected chi connectivity index (χ3v) is 3.33. The molecule has 104 valence electrons. The molecule has 1 heterocycles. The zero-order chi connectivity index (χ0) is 14.4. The Bertz CT molecular complexity index is 606. The van der Waals surface area contributed by atoms with Gasteiger partial charge in [0.05, 0.1) is 6.61 Å². The van der Waals surface area contributed by atoms with E-state index in [1.807, 2.05) is 16.8 Å². The Morgan fingerprint density at radius 3 is 2.90 bits per heavy atom. The monoisotopic (exact) mass is 292 g/mol. The van der Waals surface area contributed by atoms with Crippen LogP contribution in [0.4, 0.5) is 4.39 Å². The van der Waals surface area contributed by atoms with Crippen LogP contribution in [0.15, 0.2) is 41.1 Å². The second-order valence-electron chi connectivity index (χ2n) is 4.09. The van der Waals surface area contributed by atoms with E-state index in [1.165, 1.54) is 18.2 Å². The van der Waals surface area contributed by atoms with Crippen molar-refractivity contribution in [3.8, 4) is 5.75 Å². The van der Waals surface area contributed by atoms with Crippen LogP contribution in [0.25, 0.3) is 6.08 Å². The summed E-state index contributed by atoms with van der Waals surface area (Å²) in [5.41, 5.74) is 1.64. The smallest absolute Gasteiger partial charge is 0.328 e. The maximum absolute atomic E-state index is 13.7. The van der Waals surface area contributed by atoms with E-state index in [2.05, 4.69) is 0 Å². The van der Waals surface area contributed by atoms with Crippen molar-refractivity contribution in [2.24, 2.45) is 0 Å². The van der Waals surface area contributed by atoms with E-state index in [4.69, 9.17) is 9.84 Å². The van der Waals surface area contributed by atoms with Gasteiger partial charge in [-0.05, 0) is 46.2 Å². The van der Waals surface area contributed by atoms with Crippen LogP contribution in [0.5, 0.6) is 5.75 Å². The van der Waals surface area contributed by atoms with Crippen LogP contribution < -0.4 is 4.74 Å². The van der Waals surface area contributed by atoms with Gasteiger partial charge in [-0.1, -0.05) is 6.07 Å². The first-order valence-electron chi connectivity index (χ1n) is 5.99. The molecular formula is C15H13FO3S. The lowest BCUT2D eigenvalue weighted by Gasteiger charge is -2.07. The number of halogens is 1. The van der Waals surface area contributed by atoms with Crippen LogP contribution in [0.1, 0.15) is 11.1 Å². The summed E-state index contributed by atoms with van der Waals surface area (Å²) in [6.45, 7) is 0.401. The highest BCUT2D eigenvalue weighted by Gasteiger charge is 2.04.